The lowest BCUT2D eigenvalue weighted by atomic mass is 9.98. The summed E-state index contributed by atoms with van der Waals surface area (Å²) in [6.07, 6.45) is 5.26. The molecule has 1 aromatic rings. The van der Waals surface area contributed by atoms with Gasteiger partial charge in [0.15, 0.2) is 0 Å². The number of amides is 4. The summed E-state index contributed by atoms with van der Waals surface area (Å²) in [5, 5.41) is 15.8. The Morgan fingerprint density at radius 1 is 1.00 bits per heavy atom. The van der Waals surface area contributed by atoms with E-state index in [1.165, 1.54) is 11.0 Å². The average Bonchev–Trinajstić information content (AvgIpc) is 2.86. The summed E-state index contributed by atoms with van der Waals surface area (Å²) in [4.78, 5) is 53.9. The van der Waals surface area contributed by atoms with E-state index < -0.39 is 35.6 Å². The van der Waals surface area contributed by atoms with E-state index in [4.69, 9.17) is 10.5 Å². The summed E-state index contributed by atoms with van der Waals surface area (Å²) >= 11 is 0. The number of phenols is 1. The third kappa shape index (κ3) is 13.3. The normalized spacial score (nSPS) is 13.5. The Morgan fingerprint density at radius 3 is 2.22 bits per heavy atom. The number of carbonyl (C=O) groups is 4. The Balaban J connectivity index is 3.57. The van der Waals surface area contributed by atoms with Gasteiger partial charge in [0.1, 0.15) is 23.4 Å². The van der Waals surface area contributed by atoms with E-state index in [1.807, 2.05) is 13.8 Å². The number of aromatic hydroxyl groups is 1. The molecule has 0 radical (unpaired) electrons. The highest BCUT2D eigenvalue weighted by atomic mass is 16.6. The number of phenolic OH excluding ortho intramolecular Hbond substituents is 1. The van der Waals surface area contributed by atoms with Gasteiger partial charge in [-0.1, -0.05) is 52.0 Å². The second-order valence-corrected chi connectivity index (χ2v) is 11.8. The molecule has 41 heavy (non-hydrogen) atoms. The molecule has 0 bridgehead atoms. The molecule has 0 fully saturated rings. The molecule has 0 spiro atoms. The van der Waals surface area contributed by atoms with Crippen LogP contribution >= 0.6 is 0 Å². The summed E-state index contributed by atoms with van der Waals surface area (Å²) in [5.41, 5.74) is 5.69. The first-order chi connectivity index (χ1) is 19.2. The van der Waals surface area contributed by atoms with Gasteiger partial charge in [-0.15, -0.1) is 0 Å². The zero-order valence-electron chi connectivity index (χ0n) is 26.0. The maximum absolute atomic E-state index is 14.2. The van der Waals surface area contributed by atoms with Crippen molar-refractivity contribution in [2.24, 2.45) is 5.73 Å². The summed E-state index contributed by atoms with van der Waals surface area (Å²) < 4.78 is 5.39. The number of carbonyl (C=O) groups excluding carboxylic acids is 4. The minimum absolute atomic E-state index is 0.0467. The van der Waals surface area contributed by atoms with Gasteiger partial charge in [0, 0.05) is 19.0 Å². The quantitative estimate of drug-likeness (QED) is 0.192. The van der Waals surface area contributed by atoms with Crippen LogP contribution in [0.25, 0.3) is 0 Å². The van der Waals surface area contributed by atoms with Gasteiger partial charge in [-0.25, -0.2) is 4.79 Å². The van der Waals surface area contributed by atoms with Crippen LogP contribution in [0.2, 0.25) is 0 Å². The molecule has 0 saturated carbocycles. The number of alkyl carbamates (subject to hydrolysis) is 1. The van der Waals surface area contributed by atoms with Crippen LogP contribution in [0.3, 0.4) is 0 Å². The first kappa shape index (κ1) is 35.7. The highest BCUT2D eigenvalue weighted by Gasteiger charge is 2.36. The van der Waals surface area contributed by atoms with E-state index in [0.717, 1.165) is 38.5 Å². The fourth-order valence-corrected chi connectivity index (χ4v) is 4.59. The molecule has 0 aliphatic carbocycles. The maximum atomic E-state index is 14.2. The minimum atomic E-state index is -1.14. The highest BCUT2D eigenvalue weighted by Crippen LogP contribution is 2.28. The van der Waals surface area contributed by atoms with Crippen LogP contribution in [0, 0.1) is 6.92 Å². The van der Waals surface area contributed by atoms with Crippen molar-refractivity contribution in [2.45, 2.75) is 130 Å². The number of rotatable bonds is 17. The SMILES string of the molecule is CCCCCCCN(C(=O)C(CCC(N)=O)NC(=O)OC(C)(C)C)C(C(=O)NC(C)CCC)c1ccc(O)c(C)c1. The summed E-state index contributed by atoms with van der Waals surface area (Å²) in [6.45, 7) is 13.2. The summed E-state index contributed by atoms with van der Waals surface area (Å²) in [5.74, 6) is -1.40. The summed E-state index contributed by atoms with van der Waals surface area (Å²) in [6, 6.07) is 2.54. The molecule has 1 aromatic carbocycles. The predicted octanol–water partition coefficient (Wildman–Crippen LogP) is 5.00. The van der Waals surface area contributed by atoms with Crippen LogP contribution in [0.1, 0.15) is 116 Å². The van der Waals surface area contributed by atoms with Gasteiger partial charge < -0.3 is 31.1 Å². The Hall–Kier alpha value is -3.30. The first-order valence-electron chi connectivity index (χ1n) is 14.9. The van der Waals surface area contributed by atoms with Crippen molar-refractivity contribution in [1.82, 2.24) is 15.5 Å². The van der Waals surface area contributed by atoms with Crippen molar-refractivity contribution in [3.63, 3.8) is 0 Å². The van der Waals surface area contributed by atoms with E-state index in [0.29, 0.717) is 17.5 Å². The molecule has 5 N–H and O–H groups in total. The number of ether oxygens (including phenoxy) is 1. The third-order valence-corrected chi connectivity index (χ3v) is 6.66. The lowest BCUT2D eigenvalue weighted by Gasteiger charge is -2.35. The Bertz CT molecular complexity index is 1010. The van der Waals surface area contributed by atoms with Crippen LogP contribution in [0.5, 0.6) is 5.75 Å². The van der Waals surface area contributed by atoms with Gasteiger partial charge in [0.05, 0.1) is 0 Å². The van der Waals surface area contributed by atoms with Gasteiger partial charge in [-0.3, -0.25) is 14.4 Å². The topological polar surface area (TPSA) is 151 Å². The van der Waals surface area contributed by atoms with Gasteiger partial charge >= 0.3 is 6.09 Å². The van der Waals surface area contributed by atoms with Crippen LogP contribution in [-0.2, 0) is 19.1 Å². The van der Waals surface area contributed by atoms with Gasteiger partial charge in [0.25, 0.3) is 0 Å². The Labute approximate surface area is 245 Å². The highest BCUT2D eigenvalue weighted by molar-refractivity contribution is 5.92. The van der Waals surface area contributed by atoms with E-state index in [-0.39, 0.29) is 37.1 Å². The van der Waals surface area contributed by atoms with Crippen molar-refractivity contribution >= 4 is 23.8 Å². The molecule has 0 heterocycles. The number of hydrogen-bond donors (Lipinski definition) is 4. The molecule has 0 aromatic heterocycles. The van der Waals surface area contributed by atoms with Crippen LogP contribution in [-0.4, -0.2) is 58.1 Å². The molecular weight excluding hydrogens is 524 g/mol. The van der Waals surface area contributed by atoms with Crippen LogP contribution < -0.4 is 16.4 Å². The molecule has 1 rings (SSSR count). The number of nitrogens with zero attached hydrogens (tertiary/aromatic N) is 1. The monoisotopic (exact) mass is 576 g/mol. The Morgan fingerprint density at radius 2 is 1.66 bits per heavy atom. The lowest BCUT2D eigenvalue weighted by Crippen LogP contribution is -2.54. The largest absolute Gasteiger partial charge is 0.508 e. The van der Waals surface area contributed by atoms with E-state index in [1.54, 1.807) is 39.8 Å². The molecule has 3 atom stereocenters. The molecule has 0 saturated heterocycles. The number of unbranched alkanes of at least 4 members (excludes halogenated alkanes) is 4. The van der Waals surface area contributed by atoms with Crippen LogP contribution in [0.4, 0.5) is 4.79 Å². The van der Waals surface area contributed by atoms with Gasteiger partial charge in [-0.05, 0) is 77.1 Å². The standard InChI is InChI=1S/C31H52N4O6/c1-8-10-11-12-13-19-35(29(39)24(16-18-26(32)37)34-30(40)41-31(5,6)7)27(28(38)33-22(4)14-9-2)23-15-17-25(36)21(3)20-23/h15,17,20,22,24,27,36H,8-14,16,18-19H2,1-7H3,(H2,32,37)(H,33,38)(H,34,40). The zero-order chi connectivity index (χ0) is 31.2. The van der Waals surface area contributed by atoms with Gasteiger partial charge in [-0.2, -0.15) is 0 Å². The number of benzene rings is 1. The Kier molecular flexibility index (Phi) is 15.2. The smallest absolute Gasteiger partial charge is 0.408 e. The van der Waals surface area contributed by atoms with E-state index >= 15 is 0 Å². The van der Waals surface area contributed by atoms with Crippen molar-refractivity contribution in [1.29, 1.82) is 0 Å². The second-order valence-electron chi connectivity index (χ2n) is 11.8. The second kappa shape index (κ2) is 17.5. The number of aryl methyl sites for hydroxylation is 1. The first-order valence-corrected chi connectivity index (χ1v) is 14.9. The average molecular weight is 577 g/mol. The fraction of sp³-hybridized carbons (Fsp3) is 0.677. The predicted molar refractivity (Wildman–Crippen MR) is 160 cm³/mol. The molecule has 10 heteroatoms. The van der Waals surface area contributed by atoms with E-state index in [2.05, 4.69) is 17.6 Å². The number of hydrogen-bond acceptors (Lipinski definition) is 6. The van der Waals surface area contributed by atoms with Crippen molar-refractivity contribution in [2.75, 3.05) is 6.54 Å². The van der Waals surface area contributed by atoms with Crippen molar-refractivity contribution < 1.29 is 29.0 Å². The zero-order valence-corrected chi connectivity index (χ0v) is 26.0. The molecule has 232 valence electrons. The number of primary amides is 1. The maximum Gasteiger partial charge on any atom is 0.408 e. The molecule has 10 nitrogen and oxygen atoms in total. The number of nitrogens with two attached hydrogens (primary N) is 1. The fourth-order valence-electron chi connectivity index (χ4n) is 4.59. The third-order valence-electron chi connectivity index (χ3n) is 6.66. The van der Waals surface area contributed by atoms with Crippen molar-refractivity contribution in [3.05, 3.63) is 29.3 Å². The minimum Gasteiger partial charge on any atom is -0.508 e. The van der Waals surface area contributed by atoms with Gasteiger partial charge in [0.2, 0.25) is 17.7 Å². The summed E-state index contributed by atoms with van der Waals surface area (Å²) in [7, 11) is 0. The number of nitrogens with one attached hydrogen (secondary N) is 2. The molecule has 0 aliphatic rings. The molecule has 4 amide bonds. The lowest BCUT2D eigenvalue weighted by molar-refractivity contribution is -0.143. The van der Waals surface area contributed by atoms with Crippen molar-refractivity contribution in [3.8, 4) is 5.75 Å². The molecule has 0 aliphatic heterocycles. The van der Waals surface area contributed by atoms with E-state index in [9.17, 15) is 24.3 Å². The van der Waals surface area contributed by atoms with Crippen LogP contribution in [0.15, 0.2) is 18.2 Å². The molecular formula is C31H52N4O6. The molecule has 3 unspecified atom stereocenters.